The van der Waals surface area contributed by atoms with Gasteiger partial charge in [-0.1, -0.05) is 35.3 Å². The van der Waals surface area contributed by atoms with E-state index in [-0.39, 0.29) is 23.3 Å². The van der Waals surface area contributed by atoms with Crippen molar-refractivity contribution in [2.24, 2.45) is 22.7 Å². The summed E-state index contributed by atoms with van der Waals surface area (Å²) in [5.74, 6) is -1.80. The summed E-state index contributed by atoms with van der Waals surface area (Å²) in [7, 11) is 0. The third kappa shape index (κ3) is 11.8. The van der Waals surface area contributed by atoms with Gasteiger partial charge in [-0.05, 0) is 157 Å². The molecule has 61 heavy (non-hydrogen) atoms. The van der Waals surface area contributed by atoms with Crippen LogP contribution in [0, 0.1) is 22.7 Å². The molecule has 0 radical (unpaired) electrons. The van der Waals surface area contributed by atoms with Gasteiger partial charge >= 0.3 is 18.0 Å². The van der Waals surface area contributed by atoms with Gasteiger partial charge in [-0.3, -0.25) is 19.4 Å². The van der Waals surface area contributed by atoms with E-state index in [1.165, 1.54) is 49.2 Å². The van der Waals surface area contributed by atoms with E-state index in [0.717, 1.165) is 109 Å². The predicted octanol–water partition coefficient (Wildman–Crippen LogP) is 8.08. The van der Waals surface area contributed by atoms with Crippen molar-refractivity contribution >= 4 is 52.6 Å². The summed E-state index contributed by atoms with van der Waals surface area (Å²) in [6, 6.07) is 12.3. The third-order valence-corrected chi connectivity index (χ3v) is 14.9. The van der Waals surface area contributed by atoms with E-state index in [9.17, 15) is 24.6 Å². The van der Waals surface area contributed by atoms with Gasteiger partial charge in [0.1, 0.15) is 5.60 Å². The number of anilines is 2. The number of carboxylic acid groups (broad SMARTS) is 2. The van der Waals surface area contributed by atoms with Gasteiger partial charge in [-0.25, -0.2) is 4.79 Å². The van der Waals surface area contributed by atoms with E-state index >= 15 is 0 Å². The van der Waals surface area contributed by atoms with Crippen molar-refractivity contribution < 1.29 is 29.3 Å². The fourth-order valence-corrected chi connectivity index (χ4v) is 11.1. The van der Waals surface area contributed by atoms with E-state index in [2.05, 4.69) is 43.1 Å². The highest BCUT2D eigenvalue weighted by molar-refractivity contribution is 6.31. The van der Waals surface area contributed by atoms with Crippen LogP contribution >= 0.6 is 23.2 Å². The topological polar surface area (TPSA) is 129 Å². The molecule has 0 bridgehead atoms. The van der Waals surface area contributed by atoms with E-state index in [1.54, 1.807) is 0 Å². The molecule has 0 unspecified atom stereocenters. The second-order valence-corrected chi connectivity index (χ2v) is 20.8. The molecule has 2 spiro atoms. The number of carbonyl (C=O) groups is 3. The number of benzene rings is 2. The number of hydrogen-bond acceptors (Lipinski definition) is 9. The largest absolute Gasteiger partial charge is 0.481 e. The van der Waals surface area contributed by atoms with Gasteiger partial charge < -0.3 is 35.0 Å². The lowest BCUT2D eigenvalue weighted by Gasteiger charge is -2.39. The predicted molar refractivity (Wildman–Crippen MR) is 242 cm³/mol. The van der Waals surface area contributed by atoms with Crippen LogP contribution in [-0.2, 0) is 27.4 Å². The molecule has 2 aromatic rings. The van der Waals surface area contributed by atoms with Crippen LogP contribution < -0.4 is 15.1 Å². The Hall–Kier alpha value is -3.29. The summed E-state index contributed by atoms with van der Waals surface area (Å²) < 4.78 is 5.56. The van der Waals surface area contributed by atoms with Crippen LogP contribution in [0.5, 0.6) is 0 Å². The van der Waals surface area contributed by atoms with Crippen molar-refractivity contribution in [1.29, 1.82) is 0 Å². The van der Waals surface area contributed by atoms with Crippen molar-refractivity contribution in [2.75, 3.05) is 88.3 Å². The molecule has 14 heteroatoms. The number of piperidine rings is 4. The Kier molecular flexibility index (Phi) is 14.7. The molecule has 0 aromatic heterocycles. The van der Waals surface area contributed by atoms with Gasteiger partial charge in [-0.2, -0.15) is 0 Å². The molecule has 1 amide bonds. The quantitative estimate of drug-likeness (QED) is 0.238. The zero-order valence-corrected chi connectivity index (χ0v) is 38.1. The molecule has 0 atom stereocenters. The molecule has 2 aromatic carbocycles. The zero-order chi connectivity index (χ0) is 43.4. The lowest BCUT2D eigenvalue weighted by molar-refractivity contribution is -0.143. The molecule has 6 aliphatic heterocycles. The highest BCUT2D eigenvalue weighted by Crippen LogP contribution is 2.43. The van der Waals surface area contributed by atoms with E-state index in [4.69, 9.17) is 27.9 Å². The number of halogens is 2. The molecule has 336 valence electrons. The monoisotopic (exact) mass is 882 g/mol. The summed E-state index contributed by atoms with van der Waals surface area (Å²) in [6.45, 7) is 18.9. The number of hydrogen-bond donors (Lipinski definition) is 3. The summed E-state index contributed by atoms with van der Waals surface area (Å²) in [5, 5.41) is 23.5. The van der Waals surface area contributed by atoms with Crippen LogP contribution in [0.2, 0.25) is 10.0 Å². The summed E-state index contributed by atoms with van der Waals surface area (Å²) in [5.41, 5.74) is 5.22. The first-order chi connectivity index (χ1) is 29.1. The van der Waals surface area contributed by atoms with Crippen molar-refractivity contribution in [2.45, 2.75) is 104 Å². The lowest BCUT2D eigenvalue weighted by Crippen LogP contribution is -2.46. The third-order valence-electron chi connectivity index (χ3n) is 14.4. The van der Waals surface area contributed by atoms with Crippen LogP contribution in [0.1, 0.15) is 96.1 Å². The standard InChI is InChI=1S/C26H38ClN3O4.C21H30ClN3O2/c1-25(2,3)34-24(33)30-14-9-26(10-15-30)8-13-28(18-26)17-20-4-5-21(27)16-22(20)29-11-6-19(7-12-29)23(31)32;22-18-2-1-17(14-24-12-7-21(15-24)5-8-23-9-6-21)19(13-18)25-10-3-16(4-11-25)20(26)27/h4-5,16,19H,6-15,17-18H2,1-3H3,(H,31,32);1-2,13,16,23H,3-12,14-15H2,(H,26,27). The number of amides is 1. The molecule has 6 fully saturated rings. The molecule has 6 aliphatic rings. The highest BCUT2D eigenvalue weighted by atomic mass is 35.5. The van der Waals surface area contributed by atoms with Gasteiger partial charge in [0.15, 0.2) is 0 Å². The van der Waals surface area contributed by atoms with Gasteiger partial charge in [-0.15, -0.1) is 0 Å². The van der Waals surface area contributed by atoms with Crippen LogP contribution in [0.25, 0.3) is 0 Å². The number of aliphatic carboxylic acids is 2. The minimum atomic E-state index is -0.689. The Balaban J connectivity index is 0.000000189. The maximum absolute atomic E-state index is 12.4. The van der Waals surface area contributed by atoms with Crippen molar-refractivity contribution in [1.82, 2.24) is 20.0 Å². The van der Waals surface area contributed by atoms with Crippen molar-refractivity contribution in [3.8, 4) is 0 Å². The average Bonchev–Trinajstić information content (AvgIpc) is 3.81. The summed E-state index contributed by atoms with van der Waals surface area (Å²) >= 11 is 12.7. The number of carbonyl (C=O) groups excluding carboxylic acids is 1. The number of nitrogens with one attached hydrogen (secondary N) is 1. The Morgan fingerprint density at radius 1 is 0.656 bits per heavy atom. The molecular formula is C47H68Cl2N6O6. The second-order valence-electron chi connectivity index (χ2n) is 19.9. The number of rotatable bonds is 8. The van der Waals surface area contributed by atoms with Gasteiger partial charge in [0.05, 0.1) is 11.8 Å². The molecule has 8 rings (SSSR count). The van der Waals surface area contributed by atoms with E-state index < -0.39 is 17.5 Å². The first-order valence-corrected chi connectivity index (χ1v) is 23.5. The first kappa shape index (κ1) is 45.7. The van der Waals surface area contributed by atoms with Crippen molar-refractivity contribution in [3.63, 3.8) is 0 Å². The number of ether oxygens (including phenoxy) is 1. The molecule has 0 aliphatic carbocycles. The van der Waals surface area contributed by atoms with Crippen LogP contribution in [0.4, 0.5) is 16.2 Å². The first-order valence-electron chi connectivity index (χ1n) is 22.7. The molecule has 0 saturated carbocycles. The molecule has 12 nitrogen and oxygen atoms in total. The van der Waals surface area contributed by atoms with Crippen molar-refractivity contribution in [3.05, 3.63) is 57.6 Å². The number of likely N-dealkylation sites (tertiary alicyclic amines) is 3. The van der Waals surface area contributed by atoms with Gasteiger partial charge in [0.25, 0.3) is 0 Å². The normalized spacial score (nSPS) is 22.7. The minimum absolute atomic E-state index is 0.199. The minimum Gasteiger partial charge on any atom is -0.481 e. The number of carboxylic acids is 2. The average molecular weight is 884 g/mol. The Morgan fingerprint density at radius 2 is 1.07 bits per heavy atom. The molecule has 3 N–H and O–H groups in total. The fourth-order valence-electron chi connectivity index (χ4n) is 10.7. The zero-order valence-electron chi connectivity index (χ0n) is 36.6. The maximum Gasteiger partial charge on any atom is 0.410 e. The SMILES string of the molecule is CC(C)(C)OC(=O)N1CCC2(CCN(Cc3ccc(Cl)cc3N3CCC(C(=O)O)CC3)C2)CC1.O=C(O)C1CCN(c2cc(Cl)ccc2CN2CCC3(CCNCC3)C2)CC1. The van der Waals surface area contributed by atoms with E-state index in [0.29, 0.717) is 36.1 Å². The molecule has 6 heterocycles. The maximum atomic E-state index is 12.4. The highest BCUT2D eigenvalue weighted by Gasteiger charge is 2.43. The Morgan fingerprint density at radius 3 is 1.48 bits per heavy atom. The number of nitrogens with zero attached hydrogens (tertiary/aromatic N) is 5. The van der Waals surface area contributed by atoms with Crippen LogP contribution in [-0.4, -0.2) is 127 Å². The smallest absolute Gasteiger partial charge is 0.410 e. The van der Waals surface area contributed by atoms with Gasteiger partial charge in [0, 0.05) is 86.9 Å². The Bertz CT molecular complexity index is 1840. The van der Waals surface area contributed by atoms with E-state index in [1.807, 2.05) is 43.9 Å². The van der Waals surface area contributed by atoms with Gasteiger partial charge in [0.2, 0.25) is 0 Å². The lowest BCUT2D eigenvalue weighted by atomic mass is 9.78. The van der Waals surface area contributed by atoms with Crippen LogP contribution in [0.15, 0.2) is 36.4 Å². The molecular weight excluding hydrogens is 815 g/mol. The van der Waals surface area contributed by atoms with Crippen LogP contribution in [0.3, 0.4) is 0 Å². The fraction of sp³-hybridized carbons (Fsp3) is 0.681. The Labute approximate surface area is 372 Å². The second kappa shape index (κ2) is 19.6. The summed E-state index contributed by atoms with van der Waals surface area (Å²) in [4.78, 5) is 46.6. The molecule has 6 saturated heterocycles. The summed E-state index contributed by atoms with van der Waals surface area (Å²) in [6.07, 6.45) is 9.63.